The molecule has 0 bridgehead atoms. The first-order valence-corrected chi connectivity index (χ1v) is 5.62. The first kappa shape index (κ1) is 11.3. The molecule has 0 aromatic heterocycles. The summed E-state index contributed by atoms with van der Waals surface area (Å²) in [5.41, 5.74) is 1.99. The number of fused-ring (bicyclic) bond motifs is 1. The number of carbonyl (C=O) groups is 1. The Kier molecular flexibility index (Phi) is 3.06. The third-order valence-electron chi connectivity index (χ3n) is 2.79. The highest BCUT2D eigenvalue weighted by Crippen LogP contribution is 2.37. The fourth-order valence-corrected chi connectivity index (χ4v) is 2.29. The Morgan fingerprint density at radius 2 is 2.38 bits per heavy atom. The van der Waals surface area contributed by atoms with Crippen molar-refractivity contribution in [3.05, 3.63) is 28.3 Å². The molecular formula is C12H13ClO3. The molecule has 4 heteroatoms. The largest absolute Gasteiger partial charge is 0.493 e. The van der Waals surface area contributed by atoms with Crippen LogP contribution in [0.1, 0.15) is 30.4 Å². The Labute approximate surface area is 99.0 Å². The lowest BCUT2D eigenvalue weighted by atomic mass is 9.95. The lowest BCUT2D eigenvalue weighted by Crippen LogP contribution is -2.04. The van der Waals surface area contributed by atoms with E-state index in [2.05, 4.69) is 0 Å². The SMILES string of the molecule is CC(CC(=O)O)c1cc(Cl)cc2c1OCC2. The summed E-state index contributed by atoms with van der Waals surface area (Å²) >= 11 is 6.01. The van der Waals surface area contributed by atoms with Gasteiger partial charge in [0, 0.05) is 11.4 Å². The molecule has 86 valence electrons. The molecule has 0 aliphatic carbocycles. The van der Waals surface area contributed by atoms with Crippen molar-refractivity contribution in [1.29, 1.82) is 0 Å². The van der Waals surface area contributed by atoms with E-state index in [0.29, 0.717) is 11.6 Å². The molecule has 0 spiro atoms. The summed E-state index contributed by atoms with van der Waals surface area (Å²) in [7, 11) is 0. The van der Waals surface area contributed by atoms with Gasteiger partial charge in [-0.05, 0) is 29.2 Å². The van der Waals surface area contributed by atoms with Gasteiger partial charge in [-0.25, -0.2) is 0 Å². The maximum Gasteiger partial charge on any atom is 0.303 e. The molecule has 1 unspecified atom stereocenters. The van der Waals surface area contributed by atoms with Gasteiger partial charge in [0.1, 0.15) is 5.75 Å². The zero-order valence-electron chi connectivity index (χ0n) is 9.00. The van der Waals surface area contributed by atoms with Crippen LogP contribution in [0.4, 0.5) is 0 Å². The Morgan fingerprint density at radius 3 is 3.06 bits per heavy atom. The summed E-state index contributed by atoms with van der Waals surface area (Å²) < 4.78 is 5.54. The van der Waals surface area contributed by atoms with Crippen molar-refractivity contribution in [2.75, 3.05) is 6.61 Å². The van der Waals surface area contributed by atoms with Crippen molar-refractivity contribution >= 4 is 17.6 Å². The van der Waals surface area contributed by atoms with Crippen molar-refractivity contribution in [3.63, 3.8) is 0 Å². The van der Waals surface area contributed by atoms with Crippen LogP contribution in [0.5, 0.6) is 5.75 Å². The number of halogens is 1. The standard InChI is InChI=1S/C12H13ClO3/c1-7(4-11(14)15)10-6-9(13)5-8-2-3-16-12(8)10/h5-7H,2-4H2,1H3,(H,14,15). The van der Waals surface area contributed by atoms with E-state index in [0.717, 1.165) is 23.3 Å². The van der Waals surface area contributed by atoms with E-state index < -0.39 is 5.97 Å². The number of hydrogen-bond acceptors (Lipinski definition) is 2. The molecule has 1 aliphatic heterocycles. The maximum atomic E-state index is 10.7. The second-order valence-electron chi connectivity index (χ2n) is 4.08. The first-order valence-electron chi connectivity index (χ1n) is 5.25. The summed E-state index contributed by atoms with van der Waals surface area (Å²) in [5.74, 6) is -0.0552. The van der Waals surface area contributed by atoms with Crippen LogP contribution in [0, 0.1) is 0 Å². The van der Waals surface area contributed by atoms with Gasteiger partial charge in [0.05, 0.1) is 13.0 Å². The van der Waals surface area contributed by atoms with E-state index in [1.165, 1.54) is 0 Å². The minimum absolute atomic E-state index is 0.0805. The third kappa shape index (κ3) is 2.14. The number of ether oxygens (including phenoxy) is 1. The number of rotatable bonds is 3. The van der Waals surface area contributed by atoms with Crippen molar-refractivity contribution in [2.24, 2.45) is 0 Å². The Morgan fingerprint density at radius 1 is 1.62 bits per heavy atom. The number of carboxylic acid groups (broad SMARTS) is 1. The zero-order chi connectivity index (χ0) is 11.7. The van der Waals surface area contributed by atoms with E-state index in [1.807, 2.05) is 13.0 Å². The summed E-state index contributed by atoms with van der Waals surface area (Å²) in [6, 6.07) is 3.69. The number of benzene rings is 1. The van der Waals surface area contributed by atoms with Crippen LogP contribution in [0.3, 0.4) is 0 Å². The molecule has 0 saturated carbocycles. The molecule has 0 amide bonds. The minimum Gasteiger partial charge on any atom is -0.493 e. The van der Waals surface area contributed by atoms with Gasteiger partial charge in [0.2, 0.25) is 0 Å². The molecule has 16 heavy (non-hydrogen) atoms. The summed E-state index contributed by atoms with van der Waals surface area (Å²) in [6.45, 7) is 2.53. The fraction of sp³-hybridized carbons (Fsp3) is 0.417. The monoisotopic (exact) mass is 240 g/mol. The lowest BCUT2D eigenvalue weighted by molar-refractivity contribution is -0.137. The molecule has 1 aliphatic rings. The molecule has 1 N–H and O–H groups in total. The van der Waals surface area contributed by atoms with E-state index >= 15 is 0 Å². The molecule has 0 radical (unpaired) electrons. The van der Waals surface area contributed by atoms with Gasteiger partial charge in [-0.2, -0.15) is 0 Å². The number of carboxylic acids is 1. The molecule has 0 fully saturated rings. The molecular weight excluding hydrogens is 228 g/mol. The van der Waals surface area contributed by atoms with Crippen LogP contribution < -0.4 is 4.74 Å². The Bertz CT molecular complexity index is 429. The van der Waals surface area contributed by atoms with E-state index in [1.54, 1.807) is 6.07 Å². The minimum atomic E-state index is -0.806. The summed E-state index contributed by atoms with van der Waals surface area (Å²) in [4.78, 5) is 10.7. The van der Waals surface area contributed by atoms with E-state index in [9.17, 15) is 4.79 Å². The predicted octanol–water partition coefficient (Wildman–Crippen LogP) is 2.85. The van der Waals surface area contributed by atoms with Crippen LogP contribution in [0.2, 0.25) is 5.02 Å². The number of hydrogen-bond donors (Lipinski definition) is 1. The summed E-state index contributed by atoms with van der Waals surface area (Å²) in [5, 5.41) is 9.44. The van der Waals surface area contributed by atoms with Crippen LogP contribution in [0.25, 0.3) is 0 Å². The predicted molar refractivity (Wildman–Crippen MR) is 61.3 cm³/mol. The number of aliphatic carboxylic acids is 1. The molecule has 1 aromatic rings. The highest BCUT2D eigenvalue weighted by Gasteiger charge is 2.22. The summed E-state index contributed by atoms with van der Waals surface area (Å²) in [6.07, 6.45) is 0.943. The normalized spacial score (nSPS) is 15.4. The fourth-order valence-electron chi connectivity index (χ4n) is 2.04. The maximum absolute atomic E-state index is 10.7. The van der Waals surface area contributed by atoms with Crippen molar-refractivity contribution in [1.82, 2.24) is 0 Å². The van der Waals surface area contributed by atoms with Crippen LogP contribution in [-0.2, 0) is 11.2 Å². The van der Waals surface area contributed by atoms with Crippen molar-refractivity contribution < 1.29 is 14.6 Å². The smallest absolute Gasteiger partial charge is 0.303 e. The topological polar surface area (TPSA) is 46.5 Å². The Balaban J connectivity index is 2.36. The van der Waals surface area contributed by atoms with Gasteiger partial charge in [-0.15, -0.1) is 0 Å². The van der Waals surface area contributed by atoms with Gasteiger partial charge in [0.15, 0.2) is 0 Å². The van der Waals surface area contributed by atoms with Gasteiger partial charge in [0.25, 0.3) is 0 Å². The van der Waals surface area contributed by atoms with Gasteiger partial charge in [-0.3, -0.25) is 4.79 Å². The average Bonchev–Trinajstić information content (AvgIpc) is 2.62. The molecule has 3 nitrogen and oxygen atoms in total. The first-order chi connectivity index (χ1) is 7.58. The molecule has 1 aromatic carbocycles. The lowest BCUT2D eigenvalue weighted by Gasteiger charge is -2.14. The highest BCUT2D eigenvalue weighted by molar-refractivity contribution is 6.30. The molecule has 1 heterocycles. The molecule has 2 rings (SSSR count). The van der Waals surface area contributed by atoms with Crippen molar-refractivity contribution in [3.8, 4) is 5.75 Å². The van der Waals surface area contributed by atoms with Gasteiger partial charge < -0.3 is 9.84 Å². The molecule has 0 saturated heterocycles. The average molecular weight is 241 g/mol. The molecule has 1 atom stereocenters. The van der Waals surface area contributed by atoms with Crippen LogP contribution >= 0.6 is 11.6 Å². The third-order valence-corrected chi connectivity index (χ3v) is 3.01. The zero-order valence-corrected chi connectivity index (χ0v) is 9.75. The quantitative estimate of drug-likeness (QED) is 0.884. The second-order valence-corrected chi connectivity index (χ2v) is 4.52. The second kappa shape index (κ2) is 4.34. The van der Waals surface area contributed by atoms with Crippen LogP contribution in [0.15, 0.2) is 12.1 Å². The van der Waals surface area contributed by atoms with Crippen molar-refractivity contribution in [2.45, 2.75) is 25.7 Å². The van der Waals surface area contributed by atoms with Crippen LogP contribution in [-0.4, -0.2) is 17.7 Å². The van der Waals surface area contributed by atoms with Gasteiger partial charge in [-0.1, -0.05) is 18.5 Å². The van der Waals surface area contributed by atoms with Gasteiger partial charge >= 0.3 is 5.97 Å². The van der Waals surface area contributed by atoms with E-state index in [4.69, 9.17) is 21.4 Å². The Hall–Kier alpha value is -1.22. The van der Waals surface area contributed by atoms with E-state index in [-0.39, 0.29) is 12.3 Å². The highest BCUT2D eigenvalue weighted by atomic mass is 35.5.